The van der Waals surface area contributed by atoms with E-state index in [2.05, 4.69) is 49.0 Å². The van der Waals surface area contributed by atoms with Crippen molar-refractivity contribution in [2.75, 3.05) is 32.1 Å². The Balaban J connectivity index is 1.92. The van der Waals surface area contributed by atoms with Gasteiger partial charge in [0.15, 0.2) is 5.78 Å². The van der Waals surface area contributed by atoms with Crippen molar-refractivity contribution in [3.05, 3.63) is 34.2 Å². The summed E-state index contributed by atoms with van der Waals surface area (Å²) < 4.78 is 0. The Morgan fingerprint density at radius 3 is 2.70 bits per heavy atom. The number of anilines is 1. The average Bonchev–Trinajstić information content (AvgIpc) is 3.08. The summed E-state index contributed by atoms with van der Waals surface area (Å²) in [7, 11) is 4.24. The minimum Gasteiger partial charge on any atom is -0.369 e. The molecule has 4 nitrogen and oxygen atoms in total. The maximum Gasteiger partial charge on any atom is 0.201 e. The van der Waals surface area contributed by atoms with E-state index in [0.29, 0.717) is 10.9 Å². The fourth-order valence-electron chi connectivity index (χ4n) is 3.12. The number of Topliss-reactive ketones (excluding diaryl/α,β-unsaturated/α-hetero) is 1. The first-order chi connectivity index (χ1) is 10.9. The first kappa shape index (κ1) is 16.3. The highest BCUT2D eigenvalue weighted by atomic mass is 32.2. The monoisotopic (exact) mass is 330 g/mol. The molecule has 0 aromatic heterocycles. The van der Waals surface area contributed by atoms with Gasteiger partial charge < -0.3 is 9.80 Å². The maximum atomic E-state index is 11.9. The number of aryl methyl sites for hydroxylation is 1. The molecule has 0 saturated carbocycles. The number of hydrogen-bond acceptors (Lipinski definition) is 5. The number of rotatable bonds is 3. The molecule has 23 heavy (non-hydrogen) atoms. The molecule has 122 valence electrons. The van der Waals surface area contributed by atoms with Crippen LogP contribution in [0.1, 0.15) is 24.0 Å². The van der Waals surface area contributed by atoms with E-state index in [0.717, 1.165) is 42.5 Å². The zero-order chi connectivity index (χ0) is 16.6. The third-order valence-corrected chi connectivity index (χ3v) is 5.45. The van der Waals surface area contributed by atoms with Crippen molar-refractivity contribution in [3.8, 4) is 0 Å². The Morgan fingerprint density at radius 2 is 2.09 bits per heavy atom. The maximum absolute atomic E-state index is 11.9. The molecule has 2 aliphatic heterocycles. The molecule has 1 atom stereocenters. The fraction of sp³-hybridized carbons (Fsp3) is 0.444. The minimum absolute atomic E-state index is 0.0319. The van der Waals surface area contributed by atoms with E-state index in [-0.39, 0.29) is 17.3 Å². The van der Waals surface area contributed by atoms with Crippen LogP contribution >= 0.6 is 11.8 Å². The van der Waals surface area contributed by atoms with Gasteiger partial charge in [-0.25, -0.2) is 0 Å². The number of ketones is 1. The van der Waals surface area contributed by atoms with Crippen molar-refractivity contribution in [3.63, 3.8) is 0 Å². The van der Waals surface area contributed by atoms with E-state index < -0.39 is 0 Å². The van der Waals surface area contributed by atoms with Crippen molar-refractivity contribution in [1.82, 2.24) is 4.90 Å². The van der Waals surface area contributed by atoms with Crippen LogP contribution in [0.4, 0.5) is 5.69 Å². The topological polar surface area (TPSA) is 40.6 Å². The summed E-state index contributed by atoms with van der Waals surface area (Å²) in [5.74, 6) is -0.0564. The predicted molar refractivity (Wildman–Crippen MR) is 95.7 cm³/mol. The number of thioether (sulfide) groups is 1. The number of likely N-dealkylation sites (N-methyl/N-ethyl adjacent to an activating group) is 1. The molecule has 0 N–H and O–H groups in total. The number of hydrogen-bond donors (Lipinski definition) is 0. The number of benzene rings is 1. The molecular formula is C18H22N2O2S. The molecule has 1 aromatic carbocycles. The van der Waals surface area contributed by atoms with Gasteiger partial charge in [0.1, 0.15) is 0 Å². The van der Waals surface area contributed by atoms with Gasteiger partial charge in [-0.05, 0) is 62.5 Å². The van der Waals surface area contributed by atoms with Gasteiger partial charge >= 0.3 is 0 Å². The van der Waals surface area contributed by atoms with E-state index in [1.165, 1.54) is 5.56 Å². The molecule has 0 unspecified atom stereocenters. The van der Waals surface area contributed by atoms with Gasteiger partial charge in [0.25, 0.3) is 0 Å². The van der Waals surface area contributed by atoms with E-state index in [4.69, 9.17) is 0 Å². The largest absolute Gasteiger partial charge is 0.369 e. The summed E-state index contributed by atoms with van der Waals surface area (Å²) in [5, 5.41) is -0.0521. The first-order valence-corrected chi connectivity index (χ1v) is 8.73. The molecule has 0 radical (unpaired) electrons. The van der Waals surface area contributed by atoms with Crippen LogP contribution in [0.3, 0.4) is 0 Å². The smallest absolute Gasteiger partial charge is 0.201 e. The van der Waals surface area contributed by atoms with Gasteiger partial charge in [0.2, 0.25) is 5.12 Å². The SMILES string of the molecule is Cc1ccc(C=C2SC(=O)CC2=O)c(N2CC[C@H](N(C)C)C2)c1. The highest BCUT2D eigenvalue weighted by Crippen LogP contribution is 2.34. The van der Waals surface area contributed by atoms with Crippen LogP contribution in [0.5, 0.6) is 0 Å². The van der Waals surface area contributed by atoms with Crippen LogP contribution in [-0.4, -0.2) is 49.0 Å². The van der Waals surface area contributed by atoms with Crippen LogP contribution < -0.4 is 4.90 Å². The molecule has 0 spiro atoms. The molecule has 2 heterocycles. The molecule has 2 aliphatic rings. The predicted octanol–water partition coefficient (Wildman–Crippen LogP) is 2.71. The van der Waals surface area contributed by atoms with Crippen LogP contribution in [0.2, 0.25) is 0 Å². The zero-order valence-electron chi connectivity index (χ0n) is 13.8. The molecule has 2 fully saturated rings. The third-order valence-electron chi connectivity index (χ3n) is 4.51. The Hall–Kier alpha value is -1.59. The van der Waals surface area contributed by atoms with Crippen LogP contribution in [-0.2, 0) is 9.59 Å². The molecule has 3 rings (SSSR count). The van der Waals surface area contributed by atoms with E-state index >= 15 is 0 Å². The van der Waals surface area contributed by atoms with Crippen molar-refractivity contribution in [1.29, 1.82) is 0 Å². The van der Waals surface area contributed by atoms with Crippen molar-refractivity contribution < 1.29 is 9.59 Å². The second-order valence-electron chi connectivity index (χ2n) is 6.50. The summed E-state index contributed by atoms with van der Waals surface area (Å²) >= 11 is 1.08. The molecule has 0 amide bonds. The number of carbonyl (C=O) groups excluding carboxylic acids is 2. The molecule has 1 aromatic rings. The van der Waals surface area contributed by atoms with Crippen molar-refractivity contribution in [2.24, 2.45) is 0 Å². The standard InChI is InChI=1S/C18H22N2O2S/c1-12-4-5-13(9-17-16(21)10-18(22)23-17)15(8-12)20-7-6-14(11-20)19(2)3/h4-5,8-9,14H,6-7,10-11H2,1-3H3/t14-/m0/s1. The Labute approximate surface area is 141 Å². The second-order valence-corrected chi connectivity index (χ2v) is 7.60. The second kappa shape index (κ2) is 6.49. The summed E-state index contributed by atoms with van der Waals surface area (Å²) in [6, 6.07) is 6.84. The van der Waals surface area contributed by atoms with Gasteiger partial charge in [-0.3, -0.25) is 9.59 Å². The van der Waals surface area contributed by atoms with Gasteiger partial charge in [0, 0.05) is 24.8 Å². The first-order valence-electron chi connectivity index (χ1n) is 7.91. The zero-order valence-corrected chi connectivity index (χ0v) is 14.7. The molecular weight excluding hydrogens is 308 g/mol. The number of nitrogens with zero attached hydrogens (tertiary/aromatic N) is 2. The highest BCUT2D eigenvalue weighted by molar-refractivity contribution is 8.18. The fourth-order valence-corrected chi connectivity index (χ4v) is 3.94. The summed E-state index contributed by atoms with van der Waals surface area (Å²) in [5.41, 5.74) is 3.40. The lowest BCUT2D eigenvalue weighted by molar-refractivity contribution is -0.119. The van der Waals surface area contributed by atoms with Gasteiger partial charge in [0.05, 0.1) is 11.3 Å². The lowest BCUT2D eigenvalue weighted by Gasteiger charge is -2.24. The molecule has 2 saturated heterocycles. The van der Waals surface area contributed by atoms with E-state index in [1.807, 2.05) is 6.08 Å². The Morgan fingerprint density at radius 1 is 1.30 bits per heavy atom. The van der Waals surface area contributed by atoms with Crippen molar-refractivity contribution >= 4 is 34.4 Å². The normalized spacial score (nSPS) is 23.6. The third kappa shape index (κ3) is 3.51. The van der Waals surface area contributed by atoms with Crippen LogP contribution in [0.15, 0.2) is 23.1 Å². The minimum atomic E-state index is -0.0564. The Kier molecular flexibility index (Phi) is 4.60. The lowest BCUT2D eigenvalue weighted by Crippen LogP contribution is -2.31. The van der Waals surface area contributed by atoms with Crippen molar-refractivity contribution in [2.45, 2.75) is 25.8 Å². The van der Waals surface area contributed by atoms with Crippen LogP contribution in [0, 0.1) is 6.92 Å². The van der Waals surface area contributed by atoms with Crippen LogP contribution in [0.25, 0.3) is 6.08 Å². The quantitative estimate of drug-likeness (QED) is 0.629. The number of allylic oxidation sites excluding steroid dienone is 1. The average molecular weight is 330 g/mol. The lowest BCUT2D eigenvalue weighted by atomic mass is 10.1. The molecule has 5 heteroatoms. The summed E-state index contributed by atoms with van der Waals surface area (Å²) in [6.07, 6.45) is 3.06. The molecule has 0 bridgehead atoms. The Bertz CT molecular complexity index is 682. The van der Waals surface area contributed by atoms with Gasteiger partial charge in [-0.2, -0.15) is 0 Å². The van der Waals surface area contributed by atoms with E-state index in [1.54, 1.807) is 0 Å². The summed E-state index contributed by atoms with van der Waals surface area (Å²) in [6.45, 7) is 4.09. The number of carbonyl (C=O) groups is 2. The highest BCUT2D eigenvalue weighted by Gasteiger charge is 2.28. The van der Waals surface area contributed by atoms with Gasteiger partial charge in [-0.15, -0.1) is 0 Å². The van der Waals surface area contributed by atoms with E-state index in [9.17, 15) is 9.59 Å². The summed E-state index contributed by atoms with van der Waals surface area (Å²) in [4.78, 5) is 28.6. The van der Waals surface area contributed by atoms with Gasteiger partial charge in [-0.1, -0.05) is 12.1 Å². The molecule has 0 aliphatic carbocycles.